The maximum absolute atomic E-state index is 13.3. The minimum Gasteiger partial charge on any atom is -0.495 e. The van der Waals surface area contributed by atoms with Crippen molar-refractivity contribution in [1.29, 1.82) is 0 Å². The van der Waals surface area contributed by atoms with E-state index in [1.54, 1.807) is 42.3 Å². The molecule has 1 atom stereocenters. The van der Waals surface area contributed by atoms with Crippen molar-refractivity contribution in [3.05, 3.63) is 30.0 Å². The number of aromatic nitrogens is 2. The summed E-state index contributed by atoms with van der Waals surface area (Å²) in [7, 11) is 3.36. The molecule has 14 nitrogen and oxygen atoms in total. The fraction of sp³-hybridized carbons (Fsp3) is 0.634. The fourth-order valence-electron chi connectivity index (χ4n) is 7.54. The van der Waals surface area contributed by atoms with Gasteiger partial charge in [-0.05, 0) is 77.5 Å². The van der Waals surface area contributed by atoms with Crippen LogP contribution in [0.1, 0.15) is 95.8 Å². The normalized spacial score (nSPS) is 18.1. The van der Waals surface area contributed by atoms with Crippen LogP contribution in [0.2, 0.25) is 0 Å². The number of carbonyl (C=O) groups excluding carboxylic acids is 3. The molecule has 1 aliphatic carbocycles. The van der Waals surface area contributed by atoms with Gasteiger partial charge in [0, 0.05) is 70.4 Å². The van der Waals surface area contributed by atoms with Gasteiger partial charge in [0.2, 0.25) is 11.9 Å². The van der Waals surface area contributed by atoms with Crippen LogP contribution in [-0.4, -0.2) is 121 Å². The van der Waals surface area contributed by atoms with Crippen molar-refractivity contribution in [3.8, 4) is 18.1 Å². The molecule has 3 amide bonds. The molecule has 0 unspecified atom stereocenters. The first-order valence-electron chi connectivity index (χ1n) is 19.8. The van der Waals surface area contributed by atoms with Crippen LogP contribution in [0.3, 0.4) is 0 Å². The molecule has 14 heteroatoms. The van der Waals surface area contributed by atoms with E-state index in [-0.39, 0.29) is 36.0 Å². The monoisotopic (exact) mass is 760 g/mol. The van der Waals surface area contributed by atoms with Gasteiger partial charge >= 0.3 is 6.09 Å². The van der Waals surface area contributed by atoms with Crippen molar-refractivity contribution in [1.82, 2.24) is 25.1 Å². The predicted molar refractivity (Wildman–Crippen MR) is 214 cm³/mol. The zero-order valence-electron chi connectivity index (χ0n) is 33.6. The summed E-state index contributed by atoms with van der Waals surface area (Å²) in [6.07, 6.45) is 14.7. The number of nitrogens with one attached hydrogen (secondary N) is 2. The Morgan fingerprint density at radius 1 is 1.09 bits per heavy atom. The maximum atomic E-state index is 13.3. The number of nitrogens with zero attached hydrogens (tertiary/aromatic N) is 6. The molecule has 2 fully saturated rings. The Morgan fingerprint density at radius 3 is 2.51 bits per heavy atom. The van der Waals surface area contributed by atoms with Crippen molar-refractivity contribution in [2.45, 2.75) is 109 Å². The summed E-state index contributed by atoms with van der Waals surface area (Å²) >= 11 is 0. The Kier molecular flexibility index (Phi) is 14.6. The highest BCUT2D eigenvalue weighted by Crippen LogP contribution is 2.40. The van der Waals surface area contributed by atoms with Crippen molar-refractivity contribution < 1.29 is 28.6 Å². The first-order chi connectivity index (χ1) is 26.4. The Bertz CT molecular complexity index is 1660. The number of piperidine rings is 1. The number of likely N-dealkylation sites (tertiary alicyclic amines) is 1. The van der Waals surface area contributed by atoms with Gasteiger partial charge in [-0.1, -0.05) is 19.8 Å². The number of hydrogen-bond acceptors (Lipinski definition) is 11. The van der Waals surface area contributed by atoms with Crippen LogP contribution >= 0.6 is 0 Å². The highest BCUT2D eigenvalue weighted by Gasteiger charge is 2.41. The average Bonchev–Trinajstić information content (AvgIpc) is 3.70. The largest absolute Gasteiger partial charge is 0.495 e. The predicted octanol–water partition coefficient (Wildman–Crippen LogP) is 5.59. The SMILES string of the molecule is C#CCCN(CCCOCCN1CCC(NC(=O)c2ccc(Nc3ncc4c(n3)N(C3CCCC3)[C@H](CC)C(=O)N4C)c(OC)c2)CC1)C(=O)OC(C)(C)C. The fourth-order valence-corrected chi connectivity index (χ4v) is 7.54. The molecule has 0 radical (unpaired) electrons. The summed E-state index contributed by atoms with van der Waals surface area (Å²) in [6.45, 7) is 12.2. The van der Waals surface area contributed by atoms with Crippen molar-refractivity contribution in [2.75, 3.05) is 75.2 Å². The van der Waals surface area contributed by atoms with Gasteiger partial charge in [0.1, 0.15) is 23.1 Å². The third kappa shape index (κ3) is 11.0. The standard InChI is InChI=1S/C41H60N8O6/c1-8-10-20-48(40(52)55-41(3,4)5)21-13-25-54-26-24-47-22-18-30(19-23-47)43-37(50)29-16-17-32(35(27-29)53-7)44-39-42-28-34-36(45-39)49(31-14-11-12-15-31)33(9-2)38(51)46(34)6/h1,16-17,27-28,30-31,33H,9-15,18-26H2,2-7H3,(H,43,50)(H,42,44,45)/t33-/m1/s1. The Balaban J connectivity index is 1.08. The van der Waals surface area contributed by atoms with Gasteiger partial charge in [-0.3, -0.25) is 9.59 Å². The van der Waals surface area contributed by atoms with Crippen molar-refractivity contribution in [2.24, 2.45) is 0 Å². The number of methoxy groups -OCH3 is 1. The van der Waals surface area contributed by atoms with Gasteiger partial charge in [0.15, 0.2) is 5.82 Å². The van der Waals surface area contributed by atoms with E-state index in [9.17, 15) is 14.4 Å². The van der Waals surface area contributed by atoms with Crippen LogP contribution in [0.5, 0.6) is 5.75 Å². The third-order valence-corrected chi connectivity index (χ3v) is 10.5. The van der Waals surface area contributed by atoms with E-state index in [2.05, 4.69) is 31.3 Å². The number of rotatable bonds is 16. The summed E-state index contributed by atoms with van der Waals surface area (Å²) < 4.78 is 17.1. The van der Waals surface area contributed by atoms with Crippen LogP contribution in [-0.2, 0) is 14.3 Å². The molecule has 2 N–H and O–H groups in total. The van der Waals surface area contributed by atoms with Gasteiger partial charge < -0.3 is 44.4 Å². The Morgan fingerprint density at radius 2 is 1.84 bits per heavy atom. The highest BCUT2D eigenvalue weighted by atomic mass is 16.6. The molecule has 0 spiro atoms. The van der Waals surface area contributed by atoms with E-state index in [4.69, 9.17) is 25.6 Å². The van der Waals surface area contributed by atoms with E-state index in [0.717, 1.165) is 64.0 Å². The van der Waals surface area contributed by atoms with Crippen LogP contribution in [0, 0.1) is 12.3 Å². The van der Waals surface area contributed by atoms with Gasteiger partial charge in [-0.2, -0.15) is 4.98 Å². The third-order valence-electron chi connectivity index (χ3n) is 10.5. The van der Waals surface area contributed by atoms with E-state index >= 15 is 0 Å². The molecule has 3 aliphatic rings. The molecule has 2 aromatic rings. The number of hydrogen-bond donors (Lipinski definition) is 2. The second-order valence-electron chi connectivity index (χ2n) is 15.6. The number of carbonyl (C=O) groups is 3. The zero-order chi connectivity index (χ0) is 39.5. The van der Waals surface area contributed by atoms with Crippen LogP contribution < -0.4 is 25.2 Å². The molecule has 1 aromatic carbocycles. The number of terminal acetylenes is 1. The molecular formula is C41H60N8O6. The van der Waals surface area contributed by atoms with E-state index in [0.29, 0.717) is 74.2 Å². The maximum Gasteiger partial charge on any atom is 0.410 e. The molecule has 3 heterocycles. The summed E-state index contributed by atoms with van der Waals surface area (Å²) in [6, 6.07) is 5.40. The molecule has 2 aliphatic heterocycles. The van der Waals surface area contributed by atoms with Crippen molar-refractivity contribution in [3.63, 3.8) is 0 Å². The van der Waals surface area contributed by atoms with Crippen LogP contribution in [0.4, 0.5) is 27.9 Å². The van der Waals surface area contributed by atoms with Crippen LogP contribution in [0.15, 0.2) is 24.4 Å². The second kappa shape index (κ2) is 19.3. The number of amides is 3. The quantitative estimate of drug-likeness (QED) is 0.163. The van der Waals surface area contributed by atoms with E-state index < -0.39 is 5.60 Å². The highest BCUT2D eigenvalue weighted by molar-refractivity contribution is 6.04. The lowest BCUT2D eigenvalue weighted by atomic mass is 10.0. The minimum absolute atomic E-state index is 0.0685. The van der Waals surface area contributed by atoms with Crippen LogP contribution in [0.25, 0.3) is 0 Å². The molecule has 0 bridgehead atoms. The lowest BCUT2D eigenvalue weighted by Crippen LogP contribution is -2.55. The Labute approximate surface area is 326 Å². The summed E-state index contributed by atoms with van der Waals surface area (Å²) in [5.41, 5.74) is 1.29. The number of fused-ring (bicyclic) bond motifs is 1. The summed E-state index contributed by atoms with van der Waals surface area (Å²) in [5.74, 6) is 4.18. The number of ether oxygens (including phenoxy) is 3. The molecule has 1 aromatic heterocycles. The molecule has 55 heavy (non-hydrogen) atoms. The van der Waals surface area contributed by atoms with Crippen molar-refractivity contribution >= 4 is 41.0 Å². The lowest BCUT2D eigenvalue weighted by molar-refractivity contribution is -0.120. The summed E-state index contributed by atoms with van der Waals surface area (Å²) in [5, 5.41) is 6.50. The van der Waals surface area contributed by atoms with Gasteiger partial charge in [0.05, 0.1) is 25.6 Å². The summed E-state index contributed by atoms with van der Waals surface area (Å²) in [4.78, 5) is 56.5. The first-order valence-corrected chi connectivity index (χ1v) is 19.8. The van der Waals surface area contributed by atoms with E-state index in [1.165, 1.54) is 0 Å². The zero-order valence-corrected chi connectivity index (χ0v) is 33.6. The Hall–Kier alpha value is -4.61. The average molecular weight is 761 g/mol. The van der Waals surface area contributed by atoms with Gasteiger partial charge in [-0.15, -0.1) is 12.3 Å². The van der Waals surface area contributed by atoms with Gasteiger partial charge in [0.25, 0.3) is 5.91 Å². The lowest BCUT2D eigenvalue weighted by Gasteiger charge is -2.43. The topological polar surface area (TPSA) is 142 Å². The number of likely N-dealkylation sites (N-methyl/N-ethyl adjacent to an activating group) is 1. The number of anilines is 4. The van der Waals surface area contributed by atoms with Gasteiger partial charge in [-0.25, -0.2) is 9.78 Å². The second-order valence-corrected chi connectivity index (χ2v) is 15.6. The van der Waals surface area contributed by atoms with E-state index in [1.807, 2.05) is 33.8 Å². The molecule has 1 saturated heterocycles. The smallest absolute Gasteiger partial charge is 0.410 e. The molecule has 5 rings (SSSR count). The molecular weight excluding hydrogens is 701 g/mol. The first kappa shape index (κ1) is 41.6. The molecule has 300 valence electrons. The number of benzene rings is 1. The molecule has 1 saturated carbocycles. The minimum atomic E-state index is -0.561.